The van der Waals surface area contributed by atoms with Crippen molar-refractivity contribution in [3.05, 3.63) is 100 Å². The summed E-state index contributed by atoms with van der Waals surface area (Å²) < 4.78 is 7.27. The van der Waals surface area contributed by atoms with E-state index in [-0.39, 0.29) is 18.0 Å². The van der Waals surface area contributed by atoms with E-state index in [4.69, 9.17) is 4.74 Å². The number of nitro benzene ring substituents is 1. The standard InChI is InChI=1S/C26H17N5O5/c27-14-20(26(33)28-16-7-3-1-4-8-16)25(32)23-21-15-36-22-12-11-18(31(34)35)13-19(22)24(21)30(29-23)17-9-5-2-6-10-17/h1-13,20H,15H2,(H,28,33). The van der Waals surface area contributed by atoms with E-state index < -0.39 is 22.5 Å². The molecule has 0 saturated carbocycles. The summed E-state index contributed by atoms with van der Waals surface area (Å²) in [5.41, 5.74) is 1.91. The molecule has 2 heterocycles. The van der Waals surface area contributed by atoms with Gasteiger partial charge in [-0.1, -0.05) is 36.4 Å². The molecule has 3 aromatic carbocycles. The zero-order valence-electron chi connectivity index (χ0n) is 18.6. The maximum Gasteiger partial charge on any atom is 0.270 e. The van der Waals surface area contributed by atoms with Crippen molar-refractivity contribution in [1.29, 1.82) is 5.26 Å². The molecule has 1 atom stereocenters. The van der Waals surface area contributed by atoms with Gasteiger partial charge in [0.25, 0.3) is 5.69 Å². The predicted molar refractivity (Wildman–Crippen MR) is 128 cm³/mol. The number of rotatable bonds is 6. The van der Waals surface area contributed by atoms with Gasteiger partial charge in [-0.2, -0.15) is 10.4 Å². The summed E-state index contributed by atoms with van der Waals surface area (Å²) in [6.07, 6.45) is 0. The van der Waals surface area contributed by atoms with Gasteiger partial charge >= 0.3 is 0 Å². The van der Waals surface area contributed by atoms with Crippen molar-refractivity contribution >= 4 is 23.1 Å². The highest BCUT2D eigenvalue weighted by atomic mass is 16.6. The van der Waals surface area contributed by atoms with E-state index >= 15 is 0 Å². The zero-order valence-corrected chi connectivity index (χ0v) is 18.6. The molecule has 0 aliphatic carbocycles. The van der Waals surface area contributed by atoms with Crippen molar-refractivity contribution in [2.24, 2.45) is 5.92 Å². The average Bonchev–Trinajstić information content (AvgIpc) is 3.30. The van der Waals surface area contributed by atoms with Crippen LogP contribution in [0.4, 0.5) is 11.4 Å². The molecular weight excluding hydrogens is 462 g/mol. The van der Waals surface area contributed by atoms with Crippen LogP contribution in [0.15, 0.2) is 78.9 Å². The van der Waals surface area contributed by atoms with Gasteiger partial charge in [0.05, 0.1) is 22.4 Å². The Hall–Kier alpha value is -5.30. The second-order valence-corrected chi connectivity index (χ2v) is 7.93. The molecule has 36 heavy (non-hydrogen) atoms. The summed E-state index contributed by atoms with van der Waals surface area (Å²) in [6, 6.07) is 23.3. The fourth-order valence-corrected chi connectivity index (χ4v) is 4.02. The molecule has 0 saturated heterocycles. The molecule has 4 aromatic rings. The Bertz CT molecular complexity index is 1540. The molecular formula is C26H17N5O5. The molecule has 0 bridgehead atoms. The number of nitrogens with zero attached hydrogens (tertiary/aromatic N) is 4. The van der Waals surface area contributed by atoms with Gasteiger partial charge in [0.1, 0.15) is 18.1 Å². The van der Waals surface area contributed by atoms with E-state index in [2.05, 4.69) is 10.4 Å². The van der Waals surface area contributed by atoms with Gasteiger partial charge in [0.2, 0.25) is 11.7 Å². The van der Waals surface area contributed by atoms with E-state index in [1.807, 2.05) is 6.07 Å². The minimum atomic E-state index is -1.67. The number of para-hydroxylation sites is 2. The number of aromatic nitrogens is 2. The molecule has 10 heteroatoms. The first kappa shape index (κ1) is 22.5. The third kappa shape index (κ3) is 3.95. The molecule has 0 radical (unpaired) electrons. The van der Waals surface area contributed by atoms with Crippen molar-refractivity contribution in [2.75, 3.05) is 5.32 Å². The minimum Gasteiger partial charge on any atom is -0.488 e. The van der Waals surface area contributed by atoms with Crippen molar-refractivity contribution < 1.29 is 19.2 Å². The van der Waals surface area contributed by atoms with E-state index in [9.17, 15) is 25.0 Å². The van der Waals surface area contributed by atoms with Crippen molar-refractivity contribution in [2.45, 2.75) is 6.61 Å². The first-order chi connectivity index (χ1) is 17.5. The van der Waals surface area contributed by atoms with Crippen LogP contribution in [0.1, 0.15) is 16.1 Å². The molecule has 5 rings (SSSR count). The average molecular weight is 479 g/mol. The predicted octanol–water partition coefficient (Wildman–Crippen LogP) is 4.30. The fraction of sp³-hybridized carbons (Fsp3) is 0.0769. The molecule has 0 spiro atoms. The molecule has 1 aliphatic heterocycles. The molecule has 1 N–H and O–H groups in total. The number of amides is 1. The van der Waals surface area contributed by atoms with Crippen LogP contribution in [0, 0.1) is 27.4 Å². The second-order valence-electron chi connectivity index (χ2n) is 7.93. The minimum absolute atomic E-state index is 0.0630. The highest BCUT2D eigenvalue weighted by Crippen LogP contribution is 2.42. The third-order valence-electron chi connectivity index (χ3n) is 5.71. The topological polar surface area (TPSA) is 140 Å². The first-order valence-corrected chi connectivity index (χ1v) is 10.9. The summed E-state index contributed by atoms with van der Waals surface area (Å²) in [4.78, 5) is 37.2. The summed E-state index contributed by atoms with van der Waals surface area (Å²) >= 11 is 0. The number of nitriles is 1. The van der Waals surface area contributed by atoms with Crippen molar-refractivity contribution in [1.82, 2.24) is 9.78 Å². The fourth-order valence-electron chi connectivity index (χ4n) is 4.02. The number of non-ortho nitro benzene ring substituents is 1. The molecule has 1 aliphatic rings. The van der Waals surface area contributed by atoms with Crippen LogP contribution in [0.3, 0.4) is 0 Å². The summed E-state index contributed by atoms with van der Waals surface area (Å²) in [5, 5.41) is 28.2. The summed E-state index contributed by atoms with van der Waals surface area (Å²) in [6.45, 7) is -0.0630. The SMILES string of the molecule is N#CC(C(=O)Nc1ccccc1)C(=O)c1nn(-c2ccccc2)c2c1COc1ccc([N+](=O)[O-])cc1-2. The number of anilines is 1. The Morgan fingerprint density at radius 1 is 1.08 bits per heavy atom. The Balaban J connectivity index is 1.62. The van der Waals surface area contributed by atoms with Crippen molar-refractivity contribution in [3.63, 3.8) is 0 Å². The van der Waals surface area contributed by atoms with Gasteiger partial charge in [0, 0.05) is 28.9 Å². The van der Waals surface area contributed by atoms with Crippen LogP contribution >= 0.6 is 0 Å². The molecule has 176 valence electrons. The van der Waals surface area contributed by atoms with Crippen LogP contribution in [0.25, 0.3) is 16.9 Å². The van der Waals surface area contributed by atoms with Crippen LogP contribution in [0.2, 0.25) is 0 Å². The maximum atomic E-state index is 13.5. The highest BCUT2D eigenvalue weighted by molar-refractivity contribution is 6.15. The lowest BCUT2D eigenvalue weighted by Gasteiger charge is -2.19. The number of ether oxygens (including phenoxy) is 1. The lowest BCUT2D eigenvalue weighted by atomic mass is 9.95. The number of benzene rings is 3. The largest absolute Gasteiger partial charge is 0.488 e. The third-order valence-corrected chi connectivity index (χ3v) is 5.71. The quantitative estimate of drug-likeness (QED) is 0.188. The first-order valence-electron chi connectivity index (χ1n) is 10.9. The van der Waals surface area contributed by atoms with Gasteiger partial charge < -0.3 is 10.1 Å². The van der Waals surface area contributed by atoms with E-state index in [0.29, 0.717) is 33.9 Å². The van der Waals surface area contributed by atoms with Crippen molar-refractivity contribution in [3.8, 4) is 28.8 Å². The molecule has 1 unspecified atom stereocenters. The Morgan fingerprint density at radius 2 is 1.78 bits per heavy atom. The normalized spacial score (nSPS) is 12.3. The Labute approximate surface area is 204 Å². The van der Waals surface area contributed by atoms with Crippen LogP contribution in [0.5, 0.6) is 5.75 Å². The van der Waals surface area contributed by atoms with Crippen LogP contribution in [-0.4, -0.2) is 26.4 Å². The number of ketones is 1. The molecule has 0 fully saturated rings. The van der Waals surface area contributed by atoms with Gasteiger partial charge in [-0.15, -0.1) is 0 Å². The molecule has 1 amide bonds. The van der Waals surface area contributed by atoms with Crippen LogP contribution in [-0.2, 0) is 11.4 Å². The number of hydrogen-bond donors (Lipinski definition) is 1. The van der Waals surface area contributed by atoms with Gasteiger partial charge in [-0.3, -0.25) is 19.7 Å². The number of fused-ring (bicyclic) bond motifs is 3. The maximum absolute atomic E-state index is 13.5. The lowest BCUT2D eigenvalue weighted by Crippen LogP contribution is -2.29. The number of nitro groups is 1. The van der Waals surface area contributed by atoms with Crippen LogP contribution < -0.4 is 10.1 Å². The summed E-state index contributed by atoms with van der Waals surface area (Å²) in [5.74, 6) is -2.86. The van der Waals surface area contributed by atoms with Gasteiger partial charge in [-0.25, -0.2) is 4.68 Å². The van der Waals surface area contributed by atoms with E-state index in [1.165, 1.54) is 22.9 Å². The Morgan fingerprint density at radius 3 is 2.44 bits per heavy atom. The highest BCUT2D eigenvalue weighted by Gasteiger charge is 2.36. The smallest absolute Gasteiger partial charge is 0.270 e. The number of carbonyl (C=O) groups is 2. The molecule has 10 nitrogen and oxygen atoms in total. The number of nitrogens with one attached hydrogen (secondary N) is 1. The van der Waals surface area contributed by atoms with Gasteiger partial charge in [-0.05, 0) is 30.3 Å². The summed E-state index contributed by atoms with van der Waals surface area (Å²) in [7, 11) is 0. The lowest BCUT2D eigenvalue weighted by molar-refractivity contribution is -0.384. The van der Waals surface area contributed by atoms with E-state index in [0.717, 1.165) is 0 Å². The number of Topliss-reactive ketones (excluding diaryl/α,β-unsaturated/α-hetero) is 1. The second kappa shape index (κ2) is 9.15. The van der Waals surface area contributed by atoms with E-state index in [1.54, 1.807) is 60.7 Å². The van der Waals surface area contributed by atoms with Gasteiger partial charge in [0.15, 0.2) is 5.92 Å². The molecule has 1 aromatic heterocycles. The zero-order chi connectivity index (χ0) is 25.2. The number of hydrogen-bond acceptors (Lipinski definition) is 7. The number of carbonyl (C=O) groups excluding carboxylic acids is 2. The Kier molecular flexibility index (Phi) is 5.72. The monoisotopic (exact) mass is 479 g/mol.